The summed E-state index contributed by atoms with van der Waals surface area (Å²) < 4.78 is 17.7. The minimum Gasteiger partial charge on any atom is -0.550 e. The van der Waals surface area contributed by atoms with Gasteiger partial charge in [-0.3, -0.25) is 0 Å². The third-order valence-corrected chi connectivity index (χ3v) is 1.69. The Bertz CT molecular complexity index is 497. The molecule has 0 unspecified atom stereocenters. The molecule has 0 atom stereocenters. The van der Waals surface area contributed by atoms with E-state index in [1.807, 2.05) is 0 Å². The van der Waals surface area contributed by atoms with E-state index in [0.29, 0.717) is 11.1 Å². The number of fused-ring (bicyclic) bond motifs is 1. The van der Waals surface area contributed by atoms with E-state index < -0.39 is 18.2 Å². The number of hydrogen-bond acceptors (Lipinski definition) is 4. The second-order valence-corrected chi connectivity index (χ2v) is 2.77. The number of carboxylic acid groups (broad SMARTS) is 1. The zero-order chi connectivity index (χ0) is 10.1. The molecule has 0 bridgehead atoms. The standard InChI is InChI=1S/C9H6FNO3.Na/c10-5-1-2-7-6(3-5)11-8(14-7)4-9(12)13;/h1-3H,4H2,(H,12,13);/q;+1/p-1. The van der Waals surface area contributed by atoms with Crippen molar-refractivity contribution < 1.29 is 48.3 Å². The molecule has 0 aliphatic heterocycles. The summed E-state index contributed by atoms with van der Waals surface area (Å²) in [5.41, 5.74) is 0.670. The monoisotopic (exact) mass is 217 g/mol. The molecule has 1 aromatic heterocycles. The number of carbonyl (C=O) groups is 1. The Balaban J connectivity index is 0.00000112. The summed E-state index contributed by atoms with van der Waals surface area (Å²) in [6.45, 7) is 0. The van der Waals surface area contributed by atoms with Crippen LogP contribution in [0.5, 0.6) is 0 Å². The van der Waals surface area contributed by atoms with Gasteiger partial charge in [0.1, 0.15) is 11.3 Å². The van der Waals surface area contributed by atoms with Crippen molar-refractivity contribution in [3.8, 4) is 0 Å². The fourth-order valence-corrected chi connectivity index (χ4v) is 1.15. The number of nitrogens with zero attached hydrogens (tertiary/aromatic N) is 1. The summed E-state index contributed by atoms with van der Waals surface area (Å²) in [6, 6.07) is 3.80. The maximum Gasteiger partial charge on any atom is 1.00 e. The first-order valence-electron chi connectivity index (χ1n) is 3.90. The van der Waals surface area contributed by atoms with Gasteiger partial charge >= 0.3 is 29.6 Å². The Hall–Kier alpha value is -0.910. The zero-order valence-corrected chi connectivity index (χ0v) is 9.99. The normalized spacial score (nSPS) is 9.93. The molecule has 0 saturated heterocycles. The molecule has 0 aliphatic carbocycles. The molecule has 1 heterocycles. The van der Waals surface area contributed by atoms with Crippen LogP contribution in [0.3, 0.4) is 0 Å². The third-order valence-electron chi connectivity index (χ3n) is 1.69. The minimum atomic E-state index is -1.28. The summed E-state index contributed by atoms with van der Waals surface area (Å²) in [6.07, 6.45) is -0.406. The zero-order valence-electron chi connectivity index (χ0n) is 7.99. The van der Waals surface area contributed by atoms with Crippen molar-refractivity contribution in [3.63, 3.8) is 0 Å². The summed E-state index contributed by atoms with van der Waals surface area (Å²) in [4.78, 5) is 14.0. The predicted octanol–water partition coefficient (Wildman–Crippen LogP) is -2.74. The molecular formula is C9H5FNNaO3. The average molecular weight is 217 g/mol. The number of carbonyl (C=O) groups excluding carboxylic acids is 1. The topological polar surface area (TPSA) is 66.2 Å². The van der Waals surface area contributed by atoms with E-state index in [0.717, 1.165) is 0 Å². The van der Waals surface area contributed by atoms with Gasteiger partial charge in [-0.15, -0.1) is 0 Å². The molecular weight excluding hydrogens is 212 g/mol. The van der Waals surface area contributed by atoms with Crippen molar-refractivity contribution in [2.24, 2.45) is 0 Å². The molecule has 6 heteroatoms. The van der Waals surface area contributed by atoms with Gasteiger partial charge < -0.3 is 14.3 Å². The number of aliphatic carboxylic acids is 1. The largest absolute Gasteiger partial charge is 1.00 e. The Kier molecular flexibility index (Phi) is 3.84. The van der Waals surface area contributed by atoms with Crippen LogP contribution in [0, 0.1) is 5.82 Å². The van der Waals surface area contributed by atoms with E-state index in [2.05, 4.69) is 4.98 Å². The molecule has 0 spiro atoms. The van der Waals surface area contributed by atoms with Crippen molar-refractivity contribution in [2.75, 3.05) is 0 Å². The maximum atomic E-state index is 12.7. The van der Waals surface area contributed by atoms with Crippen LogP contribution in [-0.4, -0.2) is 11.0 Å². The number of halogens is 1. The number of aromatic nitrogens is 1. The van der Waals surface area contributed by atoms with Crippen molar-refractivity contribution in [1.29, 1.82) is 0 Å². The molecule has 1 aromatic carbocycles. The smallest absolute Gasteiger partial charge is 0.550 e. The van der Waals surface area contributed by atoms with E-state index in [1.54, 1.807) is 0 Å². The van der Waals surface area contributed by atoms with Crippen LogP contribution >= 0.6 is 0 Å². The van der Waals surface area contributed by atoms with Crippen LogP contribution in [0.25, 0.3) is 11.1 Å². The van der Waals surface area contributed by atoms with Crippen molar-refractivity contribution in [2.45, 2.75) is 6.42 Å². The van der Waals surface area contributed by atoms with E-state index in [-0.39, 0.29) is 35.4 Å². The second kappa shape index (κ2) is 4.74. The predicted molar refractivity (Wildman–Crippen MR) is 42.7 cm³/mol. The summed E-state index contributed by atoms with van der Waals surface area (Å²) >= 11 is 0. The Morgan fingerprint density at radius 2 is 2.27 bits per heavy atom. The molecule has 0 N–H and O–H groups in total. The quantitative estimate of drug-likeness (QED) is 0.512. The van der Waals surface area contributed by atoms with Crippen LogP contribution in [0.15, 0.2) is 22.6 Å². The maximum absolute atomic E-state index is 12.7. The van der Waals surface area contributed by atoms with Crippen LogP contribution < -0.4 is 34.7 Å². The number of hydrogen-bond donors (Lipinski definition) is 0. The van der Waals surface area contributed by atoms with Gasteiger partial charge in [0.2, 0.25) is 5.89 Å². The van der Waals surface area contributed by atoms with Gasteiger partial charge in [0, 0.05) is 6.07 Å². The first-order chi connectivity index (χ1) is 6.65. The summed E-state index contributed by atoms with van der Waals surface area (Å²) in [5, 5.41) is 10.2. The SMILES string of the molecule is O=C([O-])Cc1nc2cc(F)ccc2o1.[Na+]. The van der Waals surface area contributed by atoms with E-state index in [9.17, 15) is 14.3 Å². The minimum absolute atomic E-state index is 0. The average Bonchev–Trinajstić information content (AvgIpc) is 2.44. The fourth-order valence-electron chi connectivity index (χ4n) is 1.15. The molecule has 0 amide bonds. The summed E-state index contributed by atoms with van der Waals surface area (Å²) in [7, 11) is 0. The molecule has 4 nitrogen and oxygen atoms in total. The van der Waals surface area contributed by atoms with Crippen LogP contribution in [0.4, 0.5) is 4.39 Å². The van der Waals surface area contributed by atoms with Gasteiger partial charge in [-0.2, -0.15) is 0 Å². The van der Waals surface area contributed by atoms with E-state index in [4.69, 9.17) is 4.42 Å². The van der Waals surface area contributed by atoms with Gasteiger partial charge in [-0.1, -0.05) is 0 Å². The Labute approximate surface area is 106 Å². The Morgan fingerprint density at radius 1 is 1.53 bits per heavy atom. The number of carboxylic acids is 1. The van der Waals surface area contributed by atoms with Gasteiger partial charge in [-0.25, -0.2) is 9.37 Å². The fraction of sp³-hybridized carbons (Fsp3) is 0.111. The van der Waals surface area contributed by atoms with Crippen molar-refractivity contribution >= 4 is 17.1 Å². The third kappa shape index (κ3) is 2.77. The molecule has 72 valence electrons. The van der Waals surface area contributed by atoms with Gasteiger partial charge in [0.15, 0.2) is 5.58 Å². The van der Waals surface area contributed by atoms with E-state index >= 15 is 0 Å². The number of oxazole rings is 1. The van der Waals surface area contributed by atoms with Crippen molar-refractivity contribution in [1.82, 2.24) is 4.98 Å². The Morgan fingerprint density at radius 3 is 2.93 bits per heavy atom. The van der Waals surface area contributed by atoms with Gasteiger partial charge in [0.25, 0.3) is 0 Å². The molecule has 0 radical (unpaired) electrons. The van der Waals surface area contributed by atoms with Crippen LogP contribution in [-0.2, 0) is 11.2 Å². The van der Waals surface area contributed by atoms with Crippen LogP contribution in [0.1, 0.15) is 5.89 Å². The molecule has 0 saturated carbocycles. The molecule has 2 rings (SSSR count). The molecule has 0 fully saturated rings. The second-order valence-electron chi connectivity index (χ2n) is 2.77. The van der Waals surface area contributed by atoms with E-state index in [1.165, 1.54) is 18.2 Å². The van der Waals surface area contributed by atoms with Crippen molar-refractivity contribution in [3.05, 3.63) is 29.9 Å². The first-order valence-corrected chi connectivity index (χ1v) is 3.90. The van der Waals surface area contributed by atoms with Gasteiger partial charge in [-0.05, 0) is 12.1 Å². The molecule has 0 aliphatic rings. The first kappa shape index (κ1) is 12.2. The van der Waals surface area contributed by atoms with Gasteiger partial charge in [0.05, 0.1) is 12.4 Å². The van der Waals surface area contributed by atoms with Crippen LogP contribution in [0.2, 0.25) is 0 Å². The molecule has 2 aromatic rings. The summed E-state index contributed by atoms with van der Waals surface area (Å²) in [5.74, 6) is -1.70. The number of rotatable bonds is 2. The molecule has 15 heavy (non-hydrogen) atoms. The number of benzene rings is 1.